The number of para-hydroxylation sites is 1. The molecule has 1 aliphatic rings. The van der Waals surface area contributed by atoms with E-state index < -0.39 is 0 Å². The first-order chi connectivity index (χ1) is 8.81. The smallest absolute Gasteiger partial charge is 0.122 e. The van der Waals surface area contributed by atoms with Crippen molar-refractivity contribution in [2.75, 3.05) is 19.7 Å². The van der Waals surface area contributed by atoms with Crippen molar-refractivity contribution in [3.05, 3.63) is 29.8 Å². The van der Waals surface area contributed by atoms with E-state index in [4.69, 9.17) is 4.74 Å². The van der Waals surface area contributed by atoms with Crippen molar-refractivity contribution in [1.29, 1.82) is 0 Å². The Kier molecular flexibility index (Phi) is 5.06. The summed E-state index contributed by atoms with van der Waals surface area (Å²) in [5, 5.41) is 3.48. The number of benzene rings is 1. The molecular weight excluding hydrogens is 222 g/mol. The third-order valence-electron chi connectivity index (χ3n) is 3.73. The molecule has 0 spiro atoms. The van der Waals surface area contributed by atoms with E-state index in [0.29, 0.717) is 5.92 Å². The van der Waals surface area contributed by atoms with Gasteiger partial charge in [0.1, 0.15) is 5.75 Å². The fourth-order valence-electron chi connectivity index (χ4n) is 2.68. The van der Waals surface area contributed by atoms with Gasteiger partial charge in [-0.15, -0.1) is 0 Å². The van der Waals surface area contributed by atoms with Gasteiger partial charge in [0.05, 0.1) is 6.61 Å². The molecule has 1 aromatic rings. The van der Waals surface area contributed by atoms with E-state index in [1.165, 1.54) is 24.8 Å². The molecule has 1 aromatic carbocycles. The summed E-state index contributed by atoms with van der Waals surface area (Å²) in [7, 11) is 0. The predicted molar refractivity (Wildman–Crippen MR) is 76.2 cm³/mol. The molecular formula is C16H25NO. The maximum absolute atomic E-state index is 5.74. The molecule has 0 radical (unpaired) electrons. The summed E-state index contributed by atoms with van der Waals surface area (Å²) in [6.45, 7) is 7.72. The van der Waals surface area contributed by atoms with E-state index in [2.05, 4.69) is 43.4 Å². The molecule has 0 saturated carbocycles. The number of rotatable bonds is 7. The maximum atomic E-state index is 5.74. The van der Waals surface area contributed by atoms with Gasteiger partial charge in [-0.25, -0.2) is 0 Å². The standard InChI is InChI=1S/C16H25NO/c1-3-9-17-10-8-13(2)11-14-12-18-16-7-5-4-6-15(14)16/h4-7,13-14,17H,3,8-12H2,1-2H3. The molecule has 2 rings (SSSR count). The summed E-state index contributed by atoms with van der Waals surface area (Å²) in [4.78, 5) is 0. The SMILES string of the molecule is CCCNCCC(C)CC1COc2ccccc21. The van der Waals surface area contributed by atoms with Crippen molar-refractivity contribution in [3.63, 3.8) is 0 Å². The molecule has 100 valence electrons. The summed E-state index contributed by atoms with van der Waals surface area (Å²) in [6, 6.07) is 8.48. The number of hydrogen-bond acceptors (Lipinski definition) is 2. The van der Waals surface area contributed by atoms with Crippen LogP contribution < -0.4 is 10.1 Å². The zero-order chi connectivity index (χ0) is 12.8. The lowest BCUT2D eigenvalue weighted by molar-refractivity contribution is 0.306. The van der Waals surface area contributed by atoms with Crippen molar-refractivity contribution in [3.8, 4) is 5.75 Å². The van der Waals surface area contributed by atoms with Crippen LogP contribution in [0.4, 0.5) is 0 Å². The normalized spacial score (nSPS) is 19.3. The Morgan fingerprint density at radius 2 is 2.17 bits per heavy atom. The van der Waals surface area contributed by atoms with Crippen LogP contribution in [0, 0.1) is 5.92 Å². The topological polar surface area (TPSA) is 21.3 Å². The maximum Gasteiger partial charge on any atom is 0.122 e. The summed E-state index contributed by atoms with van der Waals surface area (Å²) < 4.78 is 5.74. The Bertz CT molecular complexity index is 364. The van der Waals surface area contributed by atoms with E-state index in [1.807, 2.05) is 0 Å². The molecule has 1 heterocycles. The highest BCUT2D eigenvalue weighted by molar-refractivity contribution is 5.39. The van der Waals surface area contributed by atoms with Crippen LogP contribution in [0.2, 0.25) is 0 Å². The molecule has 2 unspecified atom stereocenters. The highest BCUT2D eigenvalue weighted by atomic mass is 16.5. The Hall–Kier alpha value is -1.02. The van der Waals surface area contributed by atoms with Gasteiger partial charge in [0.25, 0.3) is 0 Å². The lowest BCUT2D eigenvalue weighted by Crippen LogP contribution is -2.19. The summed E-state index contributed by atoms with van der Waals surface area (Å²) in [5.41, 5.74) is 1.41. The monoisotopic (exact) mass is 247 g/mol. The van der Waals surface area contributed by atoms with E-state index in [-0.39, 0.29) is 0 Å². The van der Waals surface area contributed by atoms with Gasteiger partial charge in [-0.1, -0.05) is 32.0 Å². The highest BCUT2D eigenvalue weighted by Gasteiger charge is 2.24. The first kappa shape index (κ1) is 13.4. The van der Waals surface area contributed by atoms with Crippen LogP contribution in [0.5, 0.6) is 5.75 Å². The molecule has 2 nitrogen and oxygen atoms in total. The fourth-order valence-corrected chi connectivity index (χ4v) is 2.68. The van der Waals surface area contributed by atoms with E-state index in [9.17, 15) is 0 Å². The molecule has 1 N–H and O–H groups in total. The second-order valence-corrected chi connectivity index (χ2v) is 5.43. The Morgan fingerprint density at radius 1 is 1.33 bits per heavy atom. The lowest BCUT2D eigenvalue weighted by atomic mass is 9.89. The minimum Gasteiger partial charge on any atom is -0.493 e. The Morgan fingerprint density at radius 3 is 3.00 bits per heavy atom. The second kappa shape index (κ2) is 6.79. The number of hydrogen-bond donors (Lipinski definition) is 1. The second-order valence-electron chi connectivity index (χ2n) is 5.43. The molecule has 0 amide bonds. The average Bonchev–Trinajstić information content (AvgIpc) is 2.78. The fraction of sp³-hybridized carbons (Fsp3) is 0.625. The number of nitrogens with one attached hydrogen (secondary N) is 1. The van der Waals surface area contributed by atoms with Crippen LogP contribution in [0.1, 0.15) is 44.6 Å². The van der Waals surface area contributed by atoms with Gasteiger partial charge in [0.2, 0.25) is 0 Å². The van der Waals surface area contributed by atoms with Crippen molar-refractivity contribution in [2.45, 2.75) is 39.0 Å². The van der Waals surface area contributed by atoms with Crippen LogP contribution in [-0.4, -0.2) is 19.7 Å². The molecule has 2 heteroatoms. The lowest BCUT2D eigenvalue weighted by Gasteiger charge is -2.16. The Labute approximate surface area is 111 Å². The first-order valence-corrected chi connectivity index (χ1v) is 7.23. The van der Waals surface area contributed by atoms with Gasteiger partial charge < -0.3 is 10.1 Å². The zero-order valence-corrected chi connectivity index (χ0v) is 11.6. The molecule has 0 aliphatic carbocycles. The highest BCUT2D eigenvalue weighted by Crippen LogP contribution is 2.37. The molecule has 0 saturated heterocycles. The van der Waals surface area contributed by atoms with Crippen LogP contribution in [0.15, 0.2) is 24.3 Å². The third kappa shape index (κ3) is 3.49. The van der Waals surface area contributed by atoms with Crippen molar-refractivity contribution in [2.24, 2.45) is 5.92 Å². The average molecular weight is 247 g/mol. The van der Waals surface area contributed by atoms with Gasteiger partial charge in [0, 0.05) is 11.5 Å². The Balaban J connectivity index is 1.77. The van der Waals surface area contributed by atoms with Crippen LogP contribution in [0.25, 0.3) is 0 Å². The van der Waals surface area contributed by atoms with Crippen LogP contribution in [-0.2, 0) is 0 Å². The van der Waals surface area contributed by atoms with E-state index in [1.54, 1.807) is 0 Å². The quantitative estimate of drug-likeness (QED) is 0.744. The zero-order valence-electron chi connectivity index (χ0n) is 11.6. The van der Waals surface area contributed by atoms with Crippen molar-refractivity contribution >= 4 is 0 Å². The minimum atomic E-state index is 0.599. The summed E-state index contributed by atoms with van der Waals surface area (Å²) in [6.07, 6.45) is 3.72. The number of ether oxygens (including phenoxy) is 1. The van der Waals surface area contributed by atoms with E-state index in [0.717, 1.165) is 31.4 Å². The number of fused-ring (bicyclic) bond motifs is 1. The summed E-state index contributed by atoms with van der Waals surface area (Å²) >= 11 is 0. The van der Waals surface area contributed by atoms with Crippen LogP contribution >= 0.6 is 0 Å². The van der Waals surface area contributed by atoms with Crippen molar-refractivity contribution < 1.29 is 4.74 Å². The largest absolute Gasteiger partial charge is 0.493 e. The summed E-state index contributed by atoms with van der Waals surface area (Å²) in [5.74, 6) is 2.45. The molecule has 0 bridgehead atoms. The van der Waals surface area contributed by atoms with Crippen molar-refractivity contribution in [1.82, 2.24) is 5.32 Å². The van der Waals surface area contributed by atoms with Crippen LogP contribution in [0.3, 0.4) is 0 Å². The molecule has 0 fully saturated rings. The van der Waals surface area contributed by atoms with Gasteiger partial charge in [-0.3, -0.25) is 0 Å². The molecule has 2 atom stereocenters. The molecule has 18 heavy (non-hydrogen) atoms. The van der Waals surface area contributed by atoms with E-state index >= 15 is 0 Å². The first-order valence-electron chi connectivity index (χ1n) is 7.23. The van der Waals surface area contributed by atoms with Gasteiger partial charge >= 0.3 is 0 Å². The molecule has 1 aliphatic heterocycles. The van der Waals surface area contributed by atoms with Gasteiger partial charge in [0.15, 0.2) is 0 Å². The minimum absolute atomic E-state index is 0.599. The third-order valence-corrected chi connectivity index (χ3v) is 3.73. The predicted octanol–water partition coefficient (Wildman–Crippen LogP) is 3.58. The van der Waals surface area contributed by atoms with Gasteiger partial charge in [-0.2, -0.15) is 0 Å². The van der Waals surface area contributed by atoms with Gasteiger partial charge in [-0.05, 0) is 44.3 Å². The molecule has 0 aromatic heterocycles.